The highest BCUT2D eigenvalue weighted by molar-refractivity contribution is 7.91. The van der Waals surface area contributed by atoms with E-state index in [-0.39, 0.29) is 29.2 Å². The lowest BCUT2D eigenvalue weighted by Crippen LogP contribution is -2.46. The van der Waals surface area contributed by atoms with Crippen molar-refractivity contribution in [3.8, 4) is 0 Å². The summed E-state index contributed by atoms with van der Waals surface area (Å²) in [4.78, 5) is 24.2. The molecule has 0 bridgehead atoms. The van der Waals surface area contributed by atoms with Crippen LogP contribution >= 0.6 is 0 Å². The number of amides is 2. The van der Waals surface area contributed by atoms with Crippen molar-refractivity contribution in [3.63, 3.8) is 0 Å². The summed E-state index contributed by atoms with van der Waals surface area (Å²) in [5, 5.41) is 5.61. The first-order chi connectivity index (χ1) is 10.8. The Morgan fingerprint density at radius 2 is 2.00 bits per heavy atom. The quantitative estimate of drug-likeness (QED) is 0.868. The molecule has 1 heterocycles. The van der Waals surface area contributed by atoms with Crippen LogP contribution in [-0.2, 0) is 14.6 Å². The molecule has 124 valence electrons. The normalized spacial score (nSPS) is 25.8. The predicted octanol–water partition coefficient (Wildman–Crippen LogP) is 1.34. The highest BCUT2D eigenvalue weighted by Gasteiger charge is 2.39. The van der Waals surface area contributed by atoms with Gasteiger partial charge in [-0.1, -0.05) is 6.07 Å². The summed E-state index contributed by atoms with van der Waals surface area (Å²) in [7, 11) is -3.08. The maximum atomic E-state index is 12.4. The van der Waals surface area contributed by atoms with Gasteiger partial charge in [0.15, 0.2) is 9.84 Å². The van der Waals surface area contributed by atoms with Gasteiger partial charge in [-0.25, -0.2) is 8.42 Å². The fourth-order valence-electron chi connectivity index (χ4n) is 2.78. The molecule has 1 aliphatic heterocycles. The van der Waals surface area contributed by atoms with Crippen LogP contribution in [0.2, 0.25) is 0 Å². The third-order valence-corrected chi connectivity index (χ3v) is 6.16. The van der Waals surface area contributed by atoms with Crippen molar-refractivity contribution in [2.45, 2.75) is 31.7 Å². The Labute approximate surface area is 135 Å². The molecule has 2 aliphatic rings. The van der Waals surface area contributed by atoms with Crippen LogP contribution in [0.1, 0.15) is 36.5 Å². The molecule has 1 atom stereocenters. The standard InChI is InChI=1S/C16H20N2O4S/c1-16(7-8-23(21,22)10-16)18-15(20)12-3-2-4-13(9-12)17-14(19)11-5-6-11/h2-4,9,11H,5-8,10H2,1H3,(H,17,19)(H,18,20). The van der Waals surface area contributed by atoms with Crippen molar-refractivity contribution in [1.82, 2.24) is 5.32 Å². The minimum atomic E-state index is -3.08. The molecule has 3 rings (SSSR count). The Morgan fingerprint density at radius 1 is 1.26 bits per heavy atom. The number of sulfone groups is 1. The number of rotatable bonds is 4. The second kappa shape index (κ2) is 5.63. The molecule has 7 heteroatoms. The summed E-state index contributed by atoms with van der Waals surface area (Å²) in [6, 6.07) is 6.70. The van der Waals surface area contributed by atoms with Gasteiger partial charge in [0.2, 0.25) is 5.91 Å². The van der Waals surface area contributed by atoms with Gasteiger partial charge in [0.1, 0.15) is 0 Å². The Balaban J connectivity index is 1.68. The fourth-order valence-corrected chi connectivity index (χ4v) is 4.88. The molecule has 2 fully saturated rings. The topological polar surface area (TPSA) is 92.3 Å². The van der Waals surface area contributed by atoms with E-state index < -0.39 is 15.4 Å². The van der Waals surface area contributed by atoms with Gasteiger partial charge in [-0.3, -0.25) is 9.59 Å². The maximum Gasteiger partial charge on any atom is 0.251 e. The third kappa shape index (κ3) is 3.90. The molecule has 1 aromatic rings. The number of carbonyl (C=O) groups is 2. The molecule has 0 aromatic heterocycles. The van der Waals surface area contributed by atoms with Crippen LogP contribution in [0.15, 0.2) is 24.3 Å². The number of hydrogen-bond acceptors (Lipinski definition) is 4. The Kier molecular flexibility index (Phi) is 3.91. The van der Waals surface area contributed by atoms with Gasteiger partial charge in [0.05, 0.1) is 17.0 Å². The largest absolute Gasteiger partial charge is 0.346 e. The van der Waals surface area contributed by atoms with E-state index in [1.165, 1.54) is 0 Å². The van der Waals surface area contributed by atoms with Crippen LogP contribution in [0.25, 0.3) is 0 Å². The minimum Gasteiger partial charge on any atom is -0.346 e. The lowest BCUT2D eigenvalue weighted by molar-refractivity contribution is -0.117. The van der Waals surface area contributed by atoms with Gasteiger partial charge in [-0.15, -0.1) is 0 Å². The zero-order valence-electron chi connectivity index (χ0n) is 13.0. The summed E-state index contributed by atoms with van der Waals surface area (Å²) in [6.07, 6.45) is 2.25. The van der Waals surface area contributed by atoms with Gasteiger partial charge in [-0.2, -0.15) is 0 Å². The van der Waals surface area contributed by atoms with E-state index in [1.54, 1.807) is 31.2 Å². The lowest BCUT2D eigenvalue weighted by Gasteiger charge is -2.24. The molecule has 0 spiro atoms. The maximum absolute atomic E-state index is 12.4. The molecule has 2 N–H and O–H groups in total. The van der Waals surface area contributed by atoms with Crippen LogP contribution in [0.5, 0.6) is 0 Å². The van der Waals surface area contributed by atoms with E-state index >= 15 is 0 Å². The first-order valence-corrected chi connectivity index (χ1v) is 9.52. The molecule has 1 aromatic carbocycles. The first-order valence-electron chi connectivity index (χ1n) is 7.70. The number of anilines is 1. The highest BCUT2D eigenvalue weighted by atomic mass is 32.2. The average Bonchev–Trinajstić information content (AvgIpc) is 3.26. The van der Waals surface area contributed by atoms with E-state index in [0.717, 1.165) is 12.8 Å². The predicted molar refractivity (Wildman–Crippen MR) is 86.9 cm³/mol. The number of benzene rings is 1. The van der Waals surface area contributed by atoms with Crippen molar-refractivity contribution in [3.05, 3.63) is 29.8 Å². The van der Waals surface area contributed by atoms with E-state index in [4.69, 9.17) is 0 Å². The number of hydrogen-bond donors (Lipinski definition) is 2. The molecule has 0 radical (unpaired) electrons. The zero-order valence-corrected chi connectivity index (χ0v) is 13.8. The molecular weight excluding hydrogens is 316 g/mol. The molecule has 1 aliphatic carbocycles. The first kappa shape index (κ1) is 16.0. The van der Waals surface area contributed by atoms with Crippen LogP contribution in [0, 0.1) is 5.92 Å². The average molecular weight is 336 g/mol. The van der Waals surface area contributed by atoms with Gasteiger partial charge in [0.25, 0.3) is 5.91 Å². The second-order valence-corrected chi connectivity index (χ2v) is 8.89. The third-order valence-electron chi connectivity index (χ3n) is 4.26. The van der Waals surface area contributed by atoms with Crippen LogP contribution in [0.3, 0.4) is 0 Å². The van der Waals surface area contributed by atoms with Gasteiger partial charge < -0.3 is 10.6 Å². The van der Waals surface area contributed by atoms with Gasteiger partial charge in [0, 0.05) is 17.2 Å². The van der Waals surface area contributed by atoms with E-state index in [0.29, 0.717) is 17.7 Å². The number of carbonyl (C=O) groups excluding carboxylic acids is 2. The molecule has 23 heavy (non-hydrogen) atoms. The monoisotopic (exact) mass is 336 g/mol. The van der Waals surface area contributed by atoms with Crippen LogP contribution in [0.4, 0.5) is 5.69 Å². The smallest absolute Gasteiger partial charge is 0.251 e. The van der Waals surface area contributed by atoms with E-state index in [9.17, 15) is 18.0 Å². The van der Waals surface area contributed by atoms with Crippen molar-refractivity contribution >= 4 is 27.3 Å². The fraction of sp³-hybridized carbons (Fsp3) is 0.500. The highest BCUT2D eigenvalue weighted by Crippen LogP contribution is 2.30. The van der Waals surface area contributed by atoms with Crippen molar-refractivity contribution in [2.75, 3.05) is 16.8 Å². The van der Waals surface area contributed by atoms with Gasteiger partial charge >= 0.3 is 0 Å². The van der Waals surface area contributed by atoms with Crippen LogP contribution in [-0.4, -0.2) is 37.3 Å². The minimum absolute atomic E-state index is 0.0172. The Bertz CT molecular complexity index is 755. The molecular formula is C16H20N2O4S. The Hall–Kier alpha value is -1.89. The SMILES string of the molecule is CC1(NC(=O)c2cccc(NC(=O)C3CC3)c2)CCS(=O)(=O)C1. The summed E-state index contributed by atoms with van der Waals surface area (Å²) in [5.41, 5.74) is 0.256. The van der Waals surface area contributed by atoms with Crippen molar-refractivity contribution in [1.29, 1.82) is 0 Å². The van der Waals surface area contributed by atoms with E-state index in [1.807, 2.05) is 0 Å². The summed E-state index contributed by atoms with van der Waals surface area (Å²) >= 11 is 0. The zero-order chi connectivity index (χ0) is 16.7. The van der Waals surface area contributed by atoms with E-state index in [2.05, 4.69) is 10.6 Å². The molecule has 2 amide bonds. The molecule has 1 saturated heterocycles. The molecule has 1 saturated carbocycles. The molecule has 6 nitrogen and oxygen atoms in total. The van der Waals surface area contributed by atoms with Crippen molar-refractivity contribution < 1.29 is 18.0 Å². The number of nitrogens with one attached hydrogen (secondary N) is 2. The summed E-state index contributed by atoms with van der Waals surface area (Å²) in [5.74, 6) is -0.191. The Morgan fingerprint density at radius 3 is 2.61 bits per heavy atom. The molecule has 1 unspecified atom stereocenters. The van der Waals surface area contributed by atoms with Crippen molar-refractivity contribution in [2.24, 2.45) is 5.92 Å². The second-order valence-electron chi connectivity index (χ2n) is 6.70. The van der Waals surface area contributed by atoms with Crippen LogP contribution < -0.4 is 10.6 Å². The van der Waals surface area contributed by atoms with Gasteiger partial charge in [-0.05, 0) is 44.4 Å². The lowest BCUT2D eigenvalue weighted by atomic mass is 10.0. The summed E-state index contributed by atoms with van der Waals surface area (Å²) in [6.45, 7) is 1.74. The summed E-state index contributed by atoms with van der Waals surface area (Å²) < 4.78 is 23.2.